The van der Waals surface area contributed by atoms with Crippen molar-refractivity contribution in [2.45, 2.75) is 19.4 Å². The second-order valence-electron chi connectivity index (χ2n) is 4.55. The standard InChI is InChI=1S/C15H16N4S/c1-2-5-14-13(4-1)19-15(20-14)6-3-7-16-10-12-11-17-8-9-18-12/h1-2,4-5,8-9,11,16H,3,6-7,10H2. The van der Waals surface area contributed by atoms with E-state index in [0.717, 1.165) is 37.1 Å². The van der Waals surface area contributed by atoms with Gasteiger partial charge < -0.3 is 5.32 Å². The maximum absolute atomic E-state index is 4.64. The number of nitrogens with zero attached hydrogens (tertiary/aromatic N) is 3. The molecule has 0 unspecified atom stereocenters. The minimum absolute atomic E-state index is 0.772. The van der Waals surface area contributed by atoms with Crippen molar-refractivity contribution < 1.29 is 0 Å². The minimum Gasteiger partial charge on any atom is -0.311 e. The van der Waals surface area contributed by atoms with Crippen LogP contribution < -0.4 is 5.32 Å². The van der Waals surface area contributed by atoms with Crippen molar-refractivity contribution in [1.29, 1.82) is 0 Å². The summed E-state index contributed by atoms with van der Waals surface area (Å²) in [5.41, 5.74) is 2.09. The fourth-order valence-electron chi connectivity index (χ4n) is 2.03. The Balaban J connectivity index is 1.43. The molecule has 0 saturated heterocycles. The van der Waals surface area contributed by atoms with Gasteiger partial charge in [-0.2, -0.15) is 0 Å². The highest BCUT2D eigenvalue weighted by molar-refractivity contribution is 7.18. The van der Waals surface area contributed by atoms with Crippen molar-refractivity contribution in [3.63, 3.8) is 0 Å². The Hall–Kier alpha value is -1.85. The Morgan fingerprint density at radius 3 is 2.95 bits per heavy atom. The molecule has 3 rings (SSSR count). The second-order valence-corrected chi connectivity index (χ2v) is 5.67. The molecule has 1 N–H and O–H groups in total. The number of benzene rings is 1. The molecule has 1 aromatic carbocycles. The van der Waals surface area contributed by atoms with Crippen LogP contribution in [0.4, 0.5) is 0 Å². The third kappa shape index (κ3) is 3.37. The Bertz CT molecular complexity index is 633. The van der Waals surface area contributed by atoms with E-state index in [4.69, 9.17) is 0 Å². The molecule has 2 aromatic heterocycles. The predicted molar refractivity (Wildman–Crippen MR) is 81.7 cm³/mol. The maximum Gasteiger partial charge on any atom is 0.0939 e. The summed E-state index contributed by atoms with van der Waals surface area (Å²) in [5.74, 6) is 0. The normalized spacial score (nSPS) is 11.0. The van der Waals surface area contributed by atoms with Crippen LogP contribution in [0.3, 0.4) is 0 Å². The van der Waals surface area contributed by atoms with Gasteiger partial charge in [-0.3, -0.25) is 9.97 Å². The number of fused-ring (bicyclic) bond motifs is 1. The smallest absolute Gasteiger partial charge is 0.0939 e. The lowest BCUT2D eigenvalue weighted by Gasteiger charge is -2.02. The van der Waals surface area contributed by atoms with Gasteiger partial charge in [0.15, 0.2) is 0 Å². The fraction of sp³-hybridized carbons (Fsp3) is 0.267. The number of aryl methyl sites for hydroxylation is 1. The van der Waals surface area contributed by atoms with Gasteiger partial charge in [0.05, 0.1) is 20.9 Å². The zero-order valence-electron chi connectivity index (χ0n) is 11.1. The van der Waals surface area contributed by atoms with Crippen LogP contribution in [0.5, 0.6) is 0 Å². The zero-order chi connectivity index (χ0) is 13.6. The molecule has 0 spiro atoms. The Labute approximate surface area is 121 Å². The average Bonchev–Trinajstić information content (AvgIpc) is 2.90. The molecular weight excluding hydrogens is 268 g/mol. The third-order valence-electron chi connectivity index (χ3n) is 3.01. The number of thiazole rings is 1. The fourth-order valence-corrected chi connectivity index (χ4v) is 3.04. The van der Waals surface area contributed by atoms with Crippen LogP contribution in [0.25, 0.3) is 10.2 Å². The van der Waals surface area contributed by atoms with Crippen molar-refractivity contribution in [3.05, 3.63) is 53.6 Å². The van der Waals surface area contributed by atoms with E-state index >= 15 is 0 Å². The lowest BCUT2D eigenvalue weighted by Crippen LogP contribution is -2.16. The predicted octanol–water partition coefficient (Wildman–Crippen LogP) is 2.81. The summed E-state index contributed by atoms with van der Waals surface area (Å²) >= 11 is 1.79. The maximum atomic E-state index is 4.64. The molecule has 0 aliphatic carbocycles. The summed E-state index contributed by atoms with van der Waals surface area (Å²) in [6.45, 7) is 1.74. The molecule has 102 valence electrons. The molecule has 0 aliphatic heterocycles. The molecule has 3 aromatic rings. The number of nitrogens with one attached hydrogen (secondary N) is 1. The highest BCUT2D eigenvalue weighted by atomic mass is 32.1. The van der Waals surface area contributed by atoms with Crippen molar-refractivity contribution in [1.82, 2.24) is 20.3 Å². The lowest BCUT2D eigenvalue weighted by atomic mass is 10.3. The van der Waals surface area contributed by atoms with Gasteiger partial charge in [0.1, 0.15) is 0 Å². The summed E-state index contributed by atoms with van der Waals surface area (Å²) in [7, 11) is 0. The molecule has 2 heterocycles. The average molecular weight is 284 g/mol. The van der Waals surface area contributed by atoms with Crippen LogP contribution in [0, 0.1) is 0 Å². The second kappa shape index (κ2) is 6.54. The van der Waals surface area contributed by atoms with E-state index in [9.17, 15) is 0 Å². The summed E-state index contributed by atoms with van der Waals surface area (Å²) in [6.07, 6.45) is 7.31. The highest BCUT2D eigenvalue weighted by Gasteiger charge is 2.02. The van der Waals surface area contributed by atoms with Crippen LogP contribution in [0.15, 0.2) is 42.9 Å². The molecule has 20 heavy (non-hydrogen) atoms. The highest BCUT2D eigenvalue weighted by Crippen LogP contribution is 2.22. The molecule has 0 amide bonds. The van der Waals surface area contributed by atoms with E-state index in [-0.39, 0.29) is 0 Å². The largest absolute Gasteiger partial charge is 0.311 e. The molecule has 4 nitrogen and oxygen atoms in total. The number of rotatable bonds is 6. The Morgan fingerprint density at radius 1 is 1.15 bits per heavy atom. The molecule has 0 bridgehead atoms. The molecule has 0 radical (unpaired) electrons. The van der Waals surface area contributed by atoms with E-state index in [2.05, 4.69) is 38.5 Å². The number of para-hydroxylation sites is 1. The van der Waals surface area contributed by atoms with Crippen LogP contribution in [-0.2, 0) is 13.0 Å². The molecule has 0 fully saturated rings. The summed E-state index contributed by atoms with van der Waals surface area (Å²) in [5, 5.41) is 4.60. The van der Waals surface area contributed by atoms with Crippen molar-refractivity contribution in [2.75, 3.05) is 6.54 Å². The Morgan fingerprint density at radius 2 is 2.10 bits per heavy atom. The number of hydrogen-bond acceptors (Lipinski definition) is 5. The van der Waals surface area contributed by atoms with Gasteiger partial charge in [0, 0.05) is 31.6 Å². The van der Waals surface area contributed by atoms with E-state index in [1.807, 2.05) is 6.07 Å². The van der Waals surface area contributed by atoms with Gasteiger partial charge in [-0.25, -0.2) is 4.98 Å². The Kier molecular flexibility index (Phi) is 4.30. The van der Waals surface area contributed by atoms with Crippen molar-refractivity contribution in [2.24, 2.45) is 0 Å². The first-order valence-electron chi connectivity index (χ1n) is 6.72. The van der Waals surface area contributed by atoms with E-state index in [1.165, 1.54) is 9.71 Å². The summed E-state index contributed by atoms with van der Waals surface area (Å²) in [4.78, 5) is 12.9. The molecule has 0 aliphatic rings. The number of hydrogen-bond donors (Lipinski definition) is 1. The zero-order valence-corrected chi connectivity index (χ0v) is 11.9. The van der Waals surface area contributed by atoms with Crippen molar-refractivity contribution in [3.8, 4) is 0 Å². The van der Waals surface area contributed by atoms with Gasteiger partial charge in [-0.15, -0.1) is 11.3 Å². The SMILES string of the molecule is c1ccc2sc(CCCNCc3cnccn3)nc2c1. The number of aromatic nitrogens is 3. The van der Waals surface area contributed by atoms with Crippen LogP contribution in [-0.4, -0.2) is 21.5 Å². The monoisotopic (exact) mass is 284 g/mol. The summed E-state index contributed by atoms with van der Waals surface area (Å²) < 4.78 is 1.27. The summed E-state index contributed by atoms with van der Waals surface area (Å²) in [6, 6.07) is 8.30. The molecular formula is C15H16N4S. The first kappa shape index (κ1) is 13.1. The lowest BCUT2D eigenvalue weighted by molar-refractivity contribution is 0.638. The van der Waals surface area contributed by atoms with Crippen LogP contribution >= 0.6 is 11.3 Å². The topological polar surface area (TPSA) is 50.7 Å². The van der Waals surface area contributed by atoms with Gasteiger partial charge >= 0.3 is 0 Å². The molecule has 0 atom stereocenters. The minimum atomic E-state index is 0.772. The van der Waals surface area contributed by atoms with Gasteiger partial charge in [-0.05, 0) is 25.1 Å². The third-order valence-corrected chi connectivity index (χ3v) is 4.10. The van der Waals surface area contributed by atoms with Gasteiger partial charge in [-0.1, -0.05) is 12.1 Å². The van der Waals surface area contributed by atoms with E-state index in [0.29, 0.717) is 0 Å². The molecule has 5 heteroatoms. The first-order chi connectivity index (χ1) is 9.92. The van der Waals surface area contributed by atoms with Crippen LogP contribution in [0.2, 0.25) is 0 Å². The van der Waals surface area contributed by atoms with E-state index in [1.54, 1.807) is 29.9 Å². The quantitative estimate of drug-likeness (QED) is 0.707. The van der Waals surface area contributed by atoms with Crippen LogP contribution in [0.1, 0.15) is 17.1 Å². The van der Waals surface area contributed by atoms with E-state index < -0.39 is 0 Å². The molecule has 0 saturated carbocycles. The first-order valence-corrected chi connectivity index (χ1v) is 7.53. The van der Waals surface area contributed by atoms with Gasteiger partial charge in [0.2, 0.25) is 0 Å². The van der Waals surface area contributed by atoms with Crippen molar-refractivity contribution >= 4 is 21.6 Å². The van der Waals surface area contributed by atoms with Gasteiger partial charge in [0.25, 0.3) is 0 Å².